The normalized spacial score (nSPS) is 17.9. The fraction of sp³-hybridized carbons (Fsp3) is 0.333. The van der Waals surface area contributed by atoms with Gasteiger partial charge in [-0.15, -0.1) is 0 Å². The van der Waals surface area contributed by atoms with Gasteiger partial charge in [-0.1, -0.05) is 49.6 Å². The van der Waals surface area contributed by atoms with Crippen LogP contribution in [0, 0.1) is 5.82 Å². The van der Waals surface area contributed by atoms with E-state index in [-0.39, 0.29) is 22.5 Å². The van der Waals surface area contributed by atoms with Crippen molar-refractivity contribution in [3.8, 4) is 5.75 Å². The Morgan fingerprint density at radius 1 is 1.16 bits per heavy atom. The average molecular weight is 446 g/mol. The van der Waals surface area contributed by atoms with E-state index in [2.05, 4.69) is 0 Å². The lowest BCUT2D eigenvalue weighted by atomic mass is 9.94. The van der Waals surface area contributed by atoms with Crippen molar-refractivity contribution in [3.05, 3.63) is 70.0 Å². The third-order valence-corrected chi connectivity index (χ3v) is 5.56. The molecule has 1 unspecified atom stereocenters. The van der Waals surface area contributed by atoms with E-state index >= 15 is 0 Å². The fourth-order valence-corrected chi connectivity index (χ4v) is 3.91. The molecule has 1 aliphatic rings. The number of hydrogen-bond acceptors (Lipinski definition) is 4. The fourth-order valence-electron chi connectivity index (χ4n) is 3.74. The molecule has 3 rings (SSSR count). The van der Waals surface area contributed by atoms with Crippen LogP contribution in [0.25, 0.3) is 5.76 Å². The summed E-state index contributed by atoms with van der Waals surface area (Å²) < 4.78 is 20.2. The number of ketones is 1. The minimum absolute atomic E-state index is 0.142. The monoisotopic (exact) mass is 445 g/mol. The van der Waals surface area contributed by atoms with Gasteiger partial charge in [0, 0.05) is 17.7 Å². The summed E-state index contributed by atoms with van der Waals surface area (Å²) >= 11 is 6.13. The molecule has 1 fully saturated rings. The number of carbonyl (C=O) groups excluding carboxylic acids is 2. The SMILES string of the molecule is CCCCCN1C(=O)C(=O)/C(=C(/O)c2ccc(Cl)c(OCC)c2)C1c1ccccc1F. The highest BCUT2D eigenvalue weighted by Gasteiger charge is 2.46. The molecule has 1 amide bonds. The van der Waals surface area contributed by atoms with Crippen LogP contribution >= 0.6 is 11.6 Å². The zero-order chi connectivity index (χ0) is 22.5. The van der Waals surface area contributed by atoms with Gasteiger partial charge in [0.05, 0.1) is 23.2 Å². The van der Waals surface area contributed by atoms with Crippen molar-refractivity contribution in [3.63, 3.8) is 0 Å². The topological polar surface area (TPSA) is 66.8 Å². The molecule has 7 heteroatoms. The summed E-state index contributed by atoms with van der Waals surface area (Å²) in [6.45, 7) is 4.47. The predicted molar refractivity (Wildman–Crippen MR) is 118 cm³/mol. The van der Waals surface area contributed by atoms with Crippen molar-refractivity contribution in [1.82, 2.24) is 4.90 Å². The van der Waals surface area contributed by atoms with Crippen LogP contribution in [0.5, 0.6) is 5.75 Å². The molecule has 1 heterocycles. The van der Waals surface area contributed by atoms with Gasteiger partial charge >= 0.3 is 0 Å². The van der Waals surface area contributed by atoms with E-state index in [0.717, 1.165) is 12.8 Å². The number of aliphatic hydroxyl groups excluding tert-OH is 1. The number of unbranched alkanes of at least 4 members (excludes halogenated alkanes) is 2. The molecule has 0 aromatic heterocycles. The van der Waals surface area contributed by atoms with Crippen molar-refractivity contribution < 1.29 is 23.8 Å². The summed E-state index contributed by atoms with van der Waals surface area (Å²) in [5, 5.41) is 11.4. The summed E-state index contributed by atoms with van der Waals surface area (Å²) in [5.41, 5.74) is 0.288. The number of nitrogens with zero attached hydrogens (tertiary/aromatic N) is 1. The molecule has 0 saturated carbocycles. The van der Waals surface area contributed by atoms with Gasteiger partial charge in [-0.25, -0.2) is 4.39 Å². The Morgan fingerprint density at radius 2 is 1.90 bits per heavy atom. The summed E-state index contributed by atoms with van der Waals surface area (Å²) in [5.74, 6) is -2.18. The van der Waals surface area contributed by atoms with Crippen LogP contribution < -0.4 is 4.74 Å². The van der Waals surface area contributed by atoms with Gasteiger partial charge < -0.3 is 14.7 Å². The first-order valence-corrected chi connectivity index (χ1v) is 10.7. The molecule has 0 spiro atoms. The van der Waals surface area contributed by atoms with Crippen LogP contribution in [-0.4, -0.2) is 34.8 Å². The number of hydrogen-bond donors (Lipinski definition) is 1. The number of amides is 1. The maximum absolute atomic E-state index is 14.7. The van der Waals surface area contributed by atoms with Crippen LogP contribution in [0.4, 0.5) is 4.39 Å². The van der Waals surface area contributed by atoms with Crippen LogP contribution in [0.1, 0.15) is 50.3 Å². The van der Waals surface area contributed by atoms with E-state index in [1.54, 1.807) is 13.0 Å². The third-order valence-electron chi connectivity index (χ3n) is 5.25. The molecule has 1 saturated heterocycles. The van der Waals surface area contributed by atoms with Crippen molar-refractivity contribution in [1.29, 1.82) is 0 Å². The van der Waals surface area contributed by atoms with Gasteiger partial charge in [-0.2, -0.15) is 0 Å². The van der Waals surface area contributed by atoms with E-state index < -0.39 is 23.5 Å². The maximum atomic E-state index is 14.7. The van der Waals surface area contributed by atoms with Crippen LogP contribution in [0.3, 0.4) is 0 Å². The van der Waals surface area contributed by atoms with Crippen molar-refractivity contribution in [2.75, 3.05) is 13.2 Å². The van der Waals surface area contributed by atoms with Crippen molar-refractivity contribution in [2.24, 2.45) is 0 Å². The first kappa shape index (κ1) is 22.8. The highest BCUT2D eigenvalue weighted by molar-refractivity contribution is 6.46. The molecular weight excluding hydrogens is 421 g/mol. The molecule has 164 valence electrons. The lowest BCUT2D eigenvalue weighted by Crippen LogP contribution is -2.31. The maximum Gasteiger partial charge on any atom is 0.295 e. The summed E-state index contributed by atoms with van der Waals surface area (Å²) in [4.78, 5) is 27.1. The highest BCUT2D eigenvalue weighted by atomic mass is 35.5. The quantitative estimate of drug-likeness (QED) is 0.252. The number of rotatable bonds is 8. The zero-order valence-corrected chi connectivity index (χ0v) is 18.3. The number of likely N-dealkylation sites (tertiary alicyclic amines) is 1. The van der Waals surface area contributed by atoms with Gasteiger partial charge in [0.25, 0.3) is 11.7 Å². The Bertz CT molecular complexity index is 1020. The second kappa shape index (κ2) is 9.96. The van der Waals surface area contributed by atoms with Crippen molar-refractivity contribution in [2.45, 2.75) is 39.2 Å². The van der Waals surface area contributed by atoms with E-state index in [1.807, 2.05) is 6.92 Å². The average Bonchev–Trinajstić information content (AvgIpc) is 3.00. The Balaban J connectivity index is 2.15. The molecule has 2 aromatic rings. The number of Topliss-reactive ketones (excluding diaryl/α,β-unsaturated/α-hetero) is 1. The smallest absolute Gasteiger partial charge is 0.295 e. The van der Waals surface area contributed by atoms with Crippen molar-refractivity contribution >= 4 is 29.1 Å². The van der Waals surface area contributed by atoms with E-state index in [4.69, 9.17) is 16.3 Å². The first-order chi connectivity index (χ1) is 14.9. The van der Waals surface area contributed by atoms with Gasteiger partial charge in [-0.05, 0) is 37.6 Å². The molecule has 1 N–H and O–H groups in total. The molecule has 5 nitrogen and oxygen atoms in total. The summed E-state index contributed by atoms with van der Waals surface area (Å²) in [7, 11) is 0. The van der Waals surface area contributed by atoms with Gasteiger partial charge in [0.1, 0.15) is 17.3 Å². The second-order valence-electron chi connectivity index (χ2n) is 7.30. The van der Waals surface area contributed by atoms with Crippen LogP contribution in [-0.2, 0) is 9.59 Å². The zero-order valence-electron chi connectivity index (χ0n) is 17.5. The Kier molecular flexibility index (Phi) is 7.33. The summed E-state index contributed by atoms with van der Waals surface area (Å²) in [6, 6.07) is 9.54. The number of carbonyl (C=O) groups is 2. The lowest BCUT2D eigenvalue weighted by molar-refractivity contribution is -0.139. The molecule has 0 aliphatic carbocycles. The Hall–Kier alpha value is -2.86. The molecule has 0 radical (unpaired) electrons. The molecule has 1 aliphatic heterocycles. The molecule has 2 aromatic carbocycles. The molecule has 31 heavy (non-hydrogen) atoms. The number of benzene rings is 2. The Labute approximate surface area is 186 Å². The van der Waals surface area contributed by atoms with Crippen LogP contribution in [0.15, 0.2) is 48.0 Å². The van der Waals surface area contributed by atoms with Gasteiger partial charge in [-0.3, -0.25) is 9.59 Å². The van der Waals surface area contributed by atoms with E-state index in [9.17, 15) is 19.1 Å². The molecule has 1 atom stereocenters. The summed E-state index contributed by atoms with van der Waals surface area (Å²) in [6.07, 6.45) is 2.46. The highest BCUT2D eigenvalue weighted by Crippen LogP contribution is 2.41. The largest absolute Gasteiger partial charge is 0.507 e. The van der Waals surface area contributed by atoms with E-state index in [0.29, 0.717) is 30.3 Å². The second-order valence-corrected chi connectivity index (χ2v) is 7.71. The standard InChI is InChI=1S/C24H25ClFNO4/c1-3-5-8-13-27-21(16-9-6-7-10-18(16)26)20(23(29)24(27)30)22(28)15-11-12-17(25)19(14-15)31-4-2/h6-7,9-12,14,21,28H,3-5,8,13H2,1-2H3/b22-20+. The Morgan fingerprint density at radius 3 is 2.58 bits per heavy atom. The van der Waals surface area contributed by atoms with Crippen LogP contribution in [0.2, 0.25) is 5.02 Å². The number of halogens is 2. The third kappa shape index (κ3) is 4.59. The molecular formula is C24H25ClFNO4. The molecule has 0 bridgehead atoms. The number of ether oxygens (including phenoxy) is 1. The van der Waals surface area contributed by atoms with E-state index in [1.165, 1.54) is 41.3 Å². The lowest BCUT2D eigenvalue weighted by Gasteiger charge is -2.25. The minimum atomic E-state index is -1.01. The van der Waals surface area contributed by atoms with Gasteiger partial charge in [0.2, 0.25) is 0 Å². The first-order valence-electron chi connectivity index (χ1n) is 10.4. The predicted octanol–water partition coefficient (Wildman–Crippen LogP) is 5.49. The van der Waals surface area contributed by atoms with Gasteiger partial charge in [0.15, 0.2) is 0 Å². The minimum Gasteiger partial charge on any atom is -0.507 e. The number of aliphatic hydroxyl groups is 1.